The van der Waals surface area contributed by atoms with E-state index in [4.69, 9.17) is 5.73 Å². The quantitative estimate of drug-likeness (QED) is 0.810. The highest BCUT2D eigenvalue weighted by atomic mass is 16.1. The Hall–Kier alpha value is -1.79. The number of amides is 1. The molecule has 0 aromatic heterocycles. The van der Waals surface area contributed by atoms with Crippen molar-refractivity contribution in [3.63, 3.8) is 0 Å². The van der Waals surface area contributed by atoms with Gasteiger partial charge in [0.15, 0.2) is 0 Å². The lowest BCUT2D eigenvalue weighted by molar-refractivity contribution is 0.0923. The highest BCUT2D eigenvalue weighted by Gasteiger charge is 2.20. The van der Waals surface area contributed by atoms with E-state index in [9.17, 15) is 4.79 Å². The maximum Gasteiger partial charge on any atom is 0.252 e. The second-order valence-corrected chi connectivity index (χ2v) is 5.48. The zero-order valence-corrected chi connectivity index (χ0v) is 12.0. The Kier molecular flexibility index (Phi) is 5.20. The second-order valence-electron chi connectivity index (χ2n) is 5.48. The van der Waals surface area contributed by atoms with Crippen molar-refractivity contribution in [1.82, 2.24) is 5.32 Å². The van der Waals surface area contributed by atoms with Gasteiger partial charge in [0.1, 0.15) is 0 Å². The first-order chi connectivity index (χ1) is 9.70. The molecule has 0 atom stereocenters. The summed E-state index contributed by atoms with van der Waals surface area (Å²) in [6.45, 7) is 2.58. The minimum absolute atomic E-state index is 0.0218. The van der Waals surface area contributed by atoms with Gasteiger partial charge >= 0.3 is 0 Å². The van der Waals surface area contributed by atoms with E-state index in [2.05, 4.69) is 24.1 Å². The van der Waals surface area contributed by atoms with Crippen LogP contribution in [-0.4, -0.2) is 18.5 Å². The highest BCUT2D eigenvalue weighted by Crippen LogP contribution is 2.23. The Labute approximate surface area is 120 Å². The van der Waals surface area contributed by atoms with Gasteiger partial charge in [0.05, 0.1) is 12.1 Å². The monoisotopic (exact) mass is 270 g/mol. The molecule has 1 aliphatic rings. The zero-order valence-electron chi connectivity index (χ0n) is 12.0. The molecule has 0 bridgehead atoms. The van der Waals surface area contributed by atoms with Crippen LogP contribution in [0.1, 0.15) is 48.5 Å². The van der Waals surface area contributed by atoms with Crippen LogP contribution in [0.5, 0.6) is 0 Å². The van der Waals surface area contributed by atoms with Crippen molar-refractivity contribution in [1.29, 1.82) is 0 Å². The lowest BCUT2D eigenvalue weighted by Crippen LogP contribution is -2.37. The van der Waals surface area contributed by atoms with Crippen LogP contribution in [0.15, 0.2) is 24.3 Å². The predicted molar refractivity (Wildman–Crippen MR) is 81.3 cm³/mol. The minimum atomic E-state index is -0.0218. The molecule has 0 spiro atoms. The number of hydrogen-bond donors (Lipinski definition) is 2. The van der Waals surface area contributed by atoms with Crippen LogP contribution in [-0.2, 0) is 0 Å². The van der Waals surface area contributed by atoms with Crippen molar-refractivity contribution in [3.8, 4) is 11.8 Å². The summed E-state index contributed by atoms with van der Waals surface area (Å²) in [7, 11) is 0. The number of benzene rings is 1. The summed E-state index contributed by atoms with van der Waals surface area (Å²) in [6, 6.07) is 7.74. The van der Waals surface area contributed by atoms with Crippen molar-refractivity contribution >= 4 is 5.91 Å². The minimum Gasteiger partial charge on any atom is -0.349 e. The molecule has 1 saturated carbocycles. The Bertz CT molecular complexity index is 519. The number of nitrogens with one attached hydrogen (secondary N) is 1. The molecular weight excluding hydrogens is 248 g/mol. The molecule has 0 saturated heterocycles. The summed E-state index contributed by atoms with van der Waals surface area (Å²) < 4.78 is 0. The van der Waals surface area contributed by atoms with Gasteiger partial charge in [-0.25, -0.2) is 0 Å². The van der Waals surface area contributed by atoms with Crippen LogP contribution >= 0.6 is 0 Å². The summed E-state index contributed by atoms with van der Waals surface area (Å²) in [4.78, 5) is 12.4. The van der Waals surface area contributed by atoms with Gasteiger partial charge in [-0.05, 0) is 43.7 Å². The van der Waals surface area contributed by atoms with E-state index < -0.39 is 0 Å². The molecule has 2 rings (SSSR count). The van der Waals surface area contributed by atoms with Gasteiger partial charge in [0.2, 0.25) is 0 Å². The van der Waals surface area contributed by atoms with E-state index >= 15 is 0 Å². The summed E-state index contributed by atoms with van der Waals surface area (Å²) in [5.74, 6) is 6.53. The molecule has 1 aliphatic carbocycles. The molecular formula is C17H22N2O. The van der Waals surface area contributed by atoms with Crippen LogP contribution in [0.4, 0.5) is 0 Å². The molecule has 0 heterocycles. The average molecular weight is 270 g/mol. The topological polar surface area (TPSA) is 55.1 Å². The molecule has 1 fully saturated rings. The fourth-order valence-corrected chi connectivity index (χ4v) is 2.60. The fraction of sp³-hybridized carbons (Fsp3) is 0.471. The first-order valence-electron chi connectivity index (χ1n) is 7.29. The summed E-state index contributed by atoms with van der Waals surface area (Å²) >= 11 is 0. The number of carbonyl (C=O) groups excluding carboxylic acids is 1. The van der Waals surface area contributed by atoms with Gasteiger partial charge in [-0.15, -0.1) is 0 Å². The number of hydrogen-bond acceptors (Lipinski definition) is 2. The molecule has 0 unspecified atom stereocenters. The molecule has 3 N–H and O–H groups in total. The lowest BCUT2D eigenvalue weighted by atomic mass is 9.87. The number of carbonyl (C=O) groups is 1. The Morgan fingerprint density at radius 3 is 2.70 bits per heavy atom. The number of nitrogens with two attached hydrogens (primary N) is 1. The first-order valence-corrected chi connectivity index (χ1v) is 7.29. The molecule has 3 heteroatoms. The van der Waals surface area contributed by atoms with Gasteiger partial charge in [-0.2, -0.15) is 0 Å². The molecule has 0 radical (unpaired) electrons. The molecule has 106 valence electrons. The third kappa shape index (κ3) is 3.85. The fourth-order valence-electron chi connectivity index (χ4n) is 2.60. The van der Waals surface area contributed by atoms with Crippen molar-refractivity contribution in [3.05, 3.63) is 35.4 Å². The molecule has 3 nitrogen and oxygen atoms in total. The van der Waals surface area contributed by atoms with E-state index in [0.717, 1.165) is 24.3 Å². The Morgan fingerprint density at radius 2 is 2.00 bits per heavy atom. The zero-order chi connectivity index (χ0) is 14.4. The van der Waals surface area contributed by atoms with E-state index in [1.807, 2.05) is 24.3 Å². The summed E-state index contributed by atoms with van der Waals surface area (Å²) in [5.41, 5.74) is 6.79. The van der Waals surface area contributed by atoms with Gasteiger partial charge in [0, 0.05) is 11.6 Å². The smallest absolute Gasteiger partial charge is 0.252 e. The van der Waals surface area contributed by atoms with Crippen LogP contribution in [0.3, 0.4) is 0 Å². The Morgan fingerprint density at radius 1 is 1.30 bits per heavy atom. The largest absolute Gasteiger partial charge is 0.349 e. The van der Waals surface area contributed by atoms with E-state index in [1.54, 1.807) is 0 Å². The van der Waals surface area contributed by atoms with Crippen LogP contribution in [0.25, 0.3) is 0 Å². The standard InChI is InChI=1S/C17H22N2O/c1-13-8-10-15(11-9-13)19-17(20)16-7-3-2-5-14(16)6-4-12-18/h2-3,5,7,13,15H,8-12,18H2,1H3,(H,19,20). The molecule has 20 heavy (non-hydrogen) atoms. The molecule has 1 amide bonds. The van der Waals surface area contributed by atoms with Gasteiger partial charge in [0.25, 0.3) is 5.91 Å². The van der Waals surface area contributed by atoms with Crippen LogP contribution in [0.2, 0.25) is 0 Å². The van der Waals surface area contributed by atoms with E-state index in [0.29, 0.717) is 18.2 Å². The molecule has 1 aromatic rings. The lowest BCUT2D eigenvalue weighted by Gasteiger charge is -2.27. The van der Waals surface area contributed by atoms with Gasteiger partial charge < -0.3 is 11.1 Å². The van der Waals surface area contributed by atoms with E-state index in [-0.39, 0.29) is 5.91 Å². The molecule has 1 aromatic carbocycles. The van der Waals surface area contributed by atoms with E-state index in [1.165, 1.54) is 12.8 Å². The third-order valence-corrected chi connectivity index (χ3v) is 3.85. The van der Waals surface area contributed by atoms with Crippen LogP contribution in [0, 0.1) is 17.8 Å². The van der Waals surface area contributed by atoms with Crippen molar-refractivity contribution in [2.45, 2.75) is 38.6 Å². The maximum atomic E-state index is 12.4. The Balaban J connectivity index is 2.05. The third-order valence-electron chi connectivity index (χ3n) is 3.85. The summed E-state index contributed by atoms with van der Waals surface area (Å²) in [6.07, 6.45) is 4.53. The van der Waals surface area contributed by atoms with Crippen molar-refractivity contribution < 1.29 is 4.79 Å². The normalized spacial score (nSPS) is 21.7. The predicted octanol–water partition coefficient (Wildman–Crippen LogP) is 2.31. The van der Waals surface area contributed by atoms with Gasteiger partial charge in [-0.3, -0.25) is 4.79 Å². The number of rotatable bonds is 2. The first kappa shape index (κ1) is 14.6. The van der Waals surface area contributed by atoms with Crippen LogP contribution < -0.4 is 11.1 Å². The van der Waals surface area contributed by atoms with Crippen molar-refractivity contribution in [2.24, 2.45) is 11.7 Å². The SMILES string of the molecule is CC1CCC(NC(=O)c2ccccc2C#CCN)CC1. The maximum absolute atomic E-state index is 12.4. The summed E-state index contributed by atoms with van der Waals surface area (Å²) in [5, 5.41) is 3.13. The average Bonchev–Trinajstić information content (AvgIpc) is 2.47. The second kappa shape index (κ2) is 7.12. The van der Waals surface area contributed by atoms with Crippen molar-refractivity contribution in [2.75, 3.05) is 6.54 Å². The highest BCUT2D eigenvalue weighted by molar-refractivity contribution is 5.96. The van der Waals surface area contributed by atoms with Gasteiger partial charge in [-0.1, -0.05) is 30.9 Å². The molecule has 0 aliphatic heterocycles.